The second kappa shape index (κ2) is 39.1. The second-order valence-electron chi connectivity index (χ2n) is 11.9. The number of nitrogens with zero attached hydrogens (tertiary/aromatic N) is 1. The SMILES string of the molecule is CCCCCCCC/C=C\CCCCCCCC(=O)O.CCCCCCCCCCCCCCN(CCO)CCO. The van der Waals surface area contributed by atoms with E-state index in [2.05, 4.69) is 30.9 Å². The highest BCUT2D eigenvalue weighted by atomic mass is 16.4. The van der Waals surface area contributed by atoms with E-state index < -0.39 is 5.97 Å². The number of hydrogen-bond donors (Lipinski definition) is 3. The normalized spacial score (nSPS) is 11.3. The first-order valence-electron chi connectivity index (χ1n) is 17.9. The summed E-state index contributed by atoms with van der Waals surface area (Å²) in [6, 6.07) is 0. The molecule has 0 aliphatic carbocycles. The Morgan fingerprint density at radius 1 is 0.488 bits per heavy atom. The van der Waals surface area contributed by atoms with Gasteiger partial charge in [0.1, 0.15) is 0 Å². The third-order valence-corrected chi connectivity index (χ3v) is 7.81. The number of carbonyl (C=O) groups is 1. The lowest BCUT2D eigenvalue weighted by molar-refractivity contribution is -0.137. The Labute approximate surface area is 256 Å². The van der Waals surface area contributed by atoms with Crippen molar-refractivity contribution in [1.29, 1.82) is 0 Å². The minimum atomic E-state index is -0.664. The molecule has 0 aliphatic heterocycles. The van der Waals surface area contributed by atoms with E-state index >= 15 is 0 Å². The van der Waals surface area contributed by atoms with Gasteiger partial charge in [-0.15, -0.1) is 0 Å². The van der Waals surface area contributed by atoms with E-state index in [1.54, 1.807) is 0 Å². The molecule has 0 saturated heterocycles. The molecule has 0 atom stereocenters. The van der Waals surface area contributed by atoms with Gasteiger partial charge in [-0.25, -0.2) is 0 Å². The van der Waals surface area contributed by atoms with Crippen molar-refractivity contribution < 1.29 is 20.1 Å². The van der Waals surface area contributed by atoms with Crippen molar-refractivity contribution in [3.05, 3.63) is 12.2 Å². The van der Waals surface area contributed by atoms with Crippen molar-refractivity contribution >= 4 is 5.97 Å². The summed E-state index contributed by atoms with van der Waals surface area (Å²) in [5.41, 5.74) is 0. The molecule has 0 bridgehead atoms. The molecule has 0 aromatic rings. The summed E-state index contributed by atoms with van der Waals surface area (Å²) in [5, 5.41) is 26.4. The number of aliphatic carboxylic acids is 1. The smallest absolute Gasteiger partial charge is 0.303 e. The lowest BCUT2D eigenvalue weighted by Crippen LogP contribution is -2.30. The lowest BCUT2D eigenvalue weighted by atomic mass is 10.1. The number of allylic oxidation sites excluding steroid dienone is 2. The first-order valence-corrected chi connectivity index (χ1v) is 17.9. The fraction of sp³-hybridized carbons (Fsp3) is 0.917. The van der Waals surface area contributed by atoms with E-state index in [0.717, 1.165) is 19.4 Å². The van der Waals surface area contributed by atoms with Crippen LogP contribution in [0.3, 0.4) is 0 Å². The Balaban J connectivity index is 0. The lowest BCUT2D eigenvalue weighted by Gasteiger charge is -2.19. The first-order chi connectivity index (χ1) is 20.1. The molecule has 246 valence electrons. The minimum Gasteiger partial charge on any atom is -0.481 e. The van der Waals surface area contributed by atoms with Gasteiger partial charge >= 0.3 is 5.97 Å². The van der Waals surface area contributed by atoms with Crippen LogP contribution in [0.4, 0.5) is 0 Å². The molecule has 0 radical (unpaired) electrons. The highest BCUT2D eigenvalue weighted by molar-refractivity contribution is 5.66. The van der Waals surface area contributed by atoms with Gasteiger partial charge in [0.25, 0.3) is 0 Å². The summed E-state index contributed by atoms with van der Waals surface area (Å²) < 4.78 is 0. The number of carboxylic acids is 1. The van der Waals surface area contributed by atoms with Crippen LogP contribution in [0.5, 0.6) is 0 Å². The monoisotopic (exact) mass is 584 g/mol. The van der Waals surface area contributed by atoms with Gasteiger partial charge in [-0.05, 0) is 45.1 Å². The van der Waals surface area contributed by atoms with Crippen LogP contribution in [0, 0.1) is 0 Å². The zero-order valence-corrected chi connectivity index (χ0v) is 27.8. The molecule has 0 unspecified atom stereocenters. The molecule has 5 heteroatoms. The van der Waals surface area contributed by atoms with Crippen LogP contribution in [-0.2, 0) is 4.79 Å². The van der Waals surface area contributed by atoms with Crippen LogP contribution in [0.2, 0.25) is 0 Å². The summed E-state index contributed by atoms with van der Waals surface area (Å²) in [5.74, 6) is -0.664. The van der Waals surface area contributed by atoms with Crippen LogP contribution in [0.15, 0.2) is 12.2 Å². The molecule has 0 rings (SSSR count). The van der Waals surface area contributed by atoms with Gasteiger partial charge in [-0.1, -0.05) is 148 Å². The quantitative estimate of drug-likeness (QED) is 0.0542. The molecule has 5 nitrogen and oxygen atoms in total. The average Bonchev–Trinajstić information content (AvgIpc) is 2.96. The predicted molar refractivity (Wildman–Crippen MR) is 179 cm³/mol. The zero-order chi connectivity index (χ0) is 30.5. The van der Waals surface area contributed by atoms with Gasteiger partial charge in [0.05, 0.1) is 13.2 Å². The first kappa shape index (κ1) is 42.2. The highest BCUT2D eigenvalue weighted by Crippen LogP contribution is 2.12. The van der Waals surface area contributed by atoms with Crippen molar-refractivity contribution in [1.82, 2.24) is 4.90 Å². The van der Waals surface area contributed by atoms with Crippen LogP contribution >= 0.6 is 0 Å². The van der Waals surface area contributed by atoms with Crippen LogP contribution in [-0.4, -0.2) is 59.0 Å². The van der Waals surface area contributed by atoms with E-state index in [1.165, 1.54) is 148 Å². The van der Waals surface area contributed by atoms with Gasteiger partial charge in [-0.3, -0.25) is 9.69 Å². The Morgan fingerprint density at radius 3 is 1.20 bits per heavy atom. The predicted octanol–water partition coefficient (Wildman–Crippen LogP) is 10.1. The molecule has 0 fully saturated rings. The topological polar surface area (TPSA) is 81.0 Å². The molecule has 0 heterocycles. The van der Waals surface area contributed by atoms with E-state index in [0.29, 0.717) is 19.5 Å². The van der Waals surface area contributed by atoms with Gasteiger partial charge in [0.2, 0.25) is 0 Å². The summed E-state index contributed by atoms with van der Waals surface area (Å²) in [6.07, 6.45) is 37.7. The van der Waals surface area contributed by atoms with E-state index in [1.807, 2.05) is 0 Å². The fourth-order valence-electron chi connectivity index (χ4n) is 5.14. The minimum absolute atomic E-state index is 0.193. The maximum Gasteiger partial charge on any atom is 0.303 e. The molecular weight excluding hydrogens is 510 g/mol. The maximum atomic E-state index is 10.3. The molecular formula is C36H73NO4. The molecule has 0 aliphatic rings. The maximum absolute atomic E-state index is 10.3. The van der Waals surface area contributed by atoms with Crippen LogP contribution < -0.4 is 0 Å². The fourth-order valence-corrected chi connectivity index (χ4v) is 5.14. The Morgan fingerprint density at radius 2 is 0.829 bits per heavy atom. The Bertz CT molecular complexity index is 506. The largest absolute Gasteiger partial charge is 0.481 e. The second-order valence-corrected chi connectivity index (χ2v) is 11.9. The van der Waals surface area contributed by atoms with Gasteiger partial charge in [0.15, 0.2) is 0 Å². The molecule has 0 aromatic heterocycles. The number of carboxylic acid groups (broad SMARTS) is 1. The van der Waals surface area contributed by atoms with E-state index in [-0.39, 0.29) is 13.2 Å². The van der Waals surface area contributed by atoms with Crippen LogP contribution in [0.1, 0.15) is 181 Å². The third kappa shape index (κ3) is 41.3. The Kier molecular flexibility index (Phi) is 40.3. The molecule has 0 spiro atoms. The van der Waals surface area contributed by atoms with Gasteiger partial charge < -0.3 is 15.3 Å². The van der Waals surface area contributed by atoms with Gasteiger partial charge in [0, 0.05) is 19.5 Å². The molecule has 0 aromatic carbocycles. The van der Waals surface area contributed by atoms with Gasteiger partial charge in [-0.2, -0.15) is 0 Å². The van der Waals surface area contributed by atoms with Crippen LogP contribution in [0.25, 0.3) is 0 Å². The standard InChI is InChI=1S/C18H39NO2.C18H34O2/c1-2-3-4-5-6-7-8-9-10-11-12-13-14-19(15-17-20)16-18-21;1-2-3-4-5-6-7-8-9-10-11-12-13-14-15-16-17-18(19)20/h20-21H,2-18H2,1H3;9-10H,2-8,11-17H2,1H3,(H,19,20)/b;10-9-. The van der Waals surface area contributed by atoms with Crippen molar-refractivity contribution in [3.8, 4) is 0 Å². The van der Waals surface area contributed by atoms with Crippen molar-refractivity contribution in [2.45, 2.75) is 181 Å². The van der Waals surface area contributed by atoms with Crippen molar-refractivity contribution in [2.75, 3.05) is 32.8 Å². The van der Waals surface area contributed by atoms with E-state index in [9.17, 15) is 4.79 Å². The number of aliphatic hydroxyl groups excluding tert-OH is 2. The highest BCUT2D eigenvalue weighted by Gasteiger charge is 2.02. The summed E-state index contributed by atoms with van der Waals surface area (Å²) in [7, 11) is 0. The molecule has 41 heavy (non-hydrogen) atoms. The van der Waals surface area contributed by atoms with Crippen molar-refractivity contribution in [3.63, 3.8) is 0 Å². The average molecular weight is 584 g/mol. The number of unbranched alkanes of at least 4 members (excludes halogenated alkanes) is 22. The molecule has 0 amide bonds. The third-order valence-electron chi connectivity index (χ3n) is 7.81. The molecule has 0 saturated carbocycles. The summed E-state index contributed by atoms with van der Waals surface area (Å²) in [4.78, 5) is 12.5. The molecule has 3 N–H and O–H groups in total. The number of hydrogen-bond acceptors (Lipinski definition) is 4. The number of rotatable bonds is 32. The van der Waals surface area contributed by atoms with E-state index in [4.69, 9.17) is 15.3 Å². The summed E-state index contributed by atoms with van der Waals surface area (Å²) >= 11 is 0. The number of aliphatic hydroxyl groups is 2. The Hall–Kier alpha value is -0.910. The van der Waals surface area contributed by atoms with Crippen molar-refractivity contribution in [2.24, 2.45) is 0 Å². The zero-order valence-electron chi connectivity index (χ0n) is 27.8. The summed E-state index contributed by atoms with van der Waals surface area (Å²) in [6.45, 7) is 7.31.